The maximum atomic E-state index is 13.2. The number of rotatable bonds is 5. The van der Waals surface area contributed by atoms with Crippen LogP contribution in [0.4, 0.5) is 0 Å². The van der Waals surface area contributed by atoms with Crippen LogP contribution in [0.5, 0.6) is 5.75 Å². The molecule has 4 heterocycles. The van der Waals surface area contributed by atoms with E-state index in [1.807, 2.05) is 64.9 Å². The van der Waals surface area contributed by atoms with E-state index in [1.165, 1.54) is 4.88 Å². The molecule has 0 saturated carbocycles. The Hall–Kier alpha value is -3.82. The first-order valence-corrected chi connectivity index (χ1v) is 12.9. The van der Waals surface area contributed by atoms with Gasteiger partial charge in [0, 0.05) is 28.9 Å². The molecule has 2 aromatic carbocycles. The second kappa shape index (κ2) is 9.09. The van der Waals surface area contributed by atoms with E-state index in [9.17, 15) is 4.79 Å². The highest BCUT2D eigenvalue weighted by molar-refractivity contribution is 7.13. The molecule has 0 bridgehead atoms. The summed E-state index contributed by atoms with van der Waals surface area (Å²) in [6, 6.07) is 19.8. The SMILES string of the molecule is COc1ccccc1-c1nc(-c2nnc3n2CCN(C(=O)c2ccc(-c4cccs4)cc2)C3)cs1. The number of amides is 1. The van der Waals surface area contributed by atoms with Gasteiger partial charge in [0.15, 0.2) is 11.6 Å². The molecule has 0 spiro atoms. The van der Waals surface area contributed by atoms with Crippen molar-refractivity contribution in [3.63, 3.8) is 0 Å². The monoisotopic (exact) mass is 499 g/mol. The molecule has 1 amide bonds. The predicted octanol–water partition coefficient (Wildman–Crippen LogP) is 5.46. The molecule has 0 radical (unpaired) electrons. The average Bonchev–Trinajstić information content (AvgIpc) is 3.69. The number of aromatic nitrogens is 4. The molecule has 0 fully saturated rings. The molecular formula is C26H21N5O2S2. The lowest BCUT2D eigenvalue weighted by molar-refractivity contribution is 0.0708. The number of benzene rings is 2. The molecule has 0 aliphatic carbocycles. The number of thiazole rings is 1. The van der Waals surface area contributed by atoms with Gasteiger partial charge in [-0.3, -0.25) is 4.79 Å². The first-order chi connectivity index (χ1) is 17.2. The fraction of sp³-hybridized carbons (Fsp3) is 0.154. The van der Waals surface area contributed by atoms with Crippen molar-refractivity contribution in [3.8, 4) is 38.3 Å². The van der Waals surface area contributed by atoms with E-state index >= 15 is 0 Å². The van der Waals surface area contributed by atoms with Gasteiger partial charge in [-0.25, -0.2) is 4.98 Å². The zero-order chi connectivity index (χ0) is 23.8. The molecule has 9 heteroatoms. The Labute approximate surface area is 210 Å². The van der Waals surface area contributed by atoms with Crippen LogP contribution in [0.1, 0.15) is 16.2 Å². The van der Waals surface area contributed by atoms with E-state index in [-0.39, 0.29) is 5.91 Å². The fourth-order valence-electron chi connectivity index (χ4n) is 4.24. The van der Waals surface area contributed by atoms with E-state index in [2.05, 4.69) is 26.2 Å². The second-order valence-corrected chi connectivity index (χ2v) is 9.92. The van der Waals surface area contributed by atoms with Crippen molar-refractivity contribution in [2.75, 3.05) is 13.7 Å². The van der Waals surface area contributed by atoms with Crippen LogP contribution in [0.15, 0.2) is 71.4 Å². The van der Waals surface area contributed by atoms with Crippen LogP contribution in [-0.2, 0) is 13.1 Å². The molecular weight excluding hydrogens is 478 g/mol. The molecule has 0 N–H and O–H groups in total. The van der Waals surface area contributed by atoms with E-state index in [0.717, 1.165) is 39.2 Å². The Morgan fingerprint density at radius 3 is 2.63 bits per heavy atom. The van der Waals surface area contributed by atoms with Crippen LogP contribution in [0.2, 0.25) is 0 Å². The van der Waals surface area contributed by atoms with Crippen molar-refractivity contribution in [1.29, 1.82) is 0 Å². The summed E-state index contributed by atoms with van der Waals surface area (Å²) in [4.78, 5) is 21.0. The van der Waals surface area contributed by atoms with E-state index in [1.54, 1.807) is 29.8 Å². The number of hydrogen-bond donors (Lipinski definition) is 0. The highest BCUT2D eigenvalue weighted by atomic mass is 32.1. The third kappa shape index (κ3) is 4.02. The number of carbonyl (C=O) groups is 1. The standard InChI is InChI=1S/C26H21N5O2S2/c1-33-21-6-3-2-5-19(21)25-27-20(16-35-25)24-29-28-23-15-30(12-13-31(23)24)26(32)18-10-8-17(9-11-18)22-7-4-14-34-22/h2-11,14,16H,12-13,15H2,1H3. The maximum Gasteiger partial charge on any atom is 0.254 e. The summed E-state index contributed by atoms with van der Waals surface area (Å²) in [6.45, 7) is 1.63. The van der Waals surface area contributed by atoms with Gasteiger partial charge in [-0.05, 0) is 41.3 Å². The predicted molar refractivity (Wildman–Crippen MR) is 138 cm³/mol. The molecule has 3 aromatic heterocycles. The number of ether oxygens (including phenoxy) is 1. The van der Waals surface area contributed by atoms with Crippen LogP contribution in [0.3, 0.4) is 0 Å². The molecule has 1 aliphatic heterocycles. The zero-order valence-corrected chi connectivity index (χ0v) is 20.6. The summed E-state index contributed by atoms with van der Waals surface area (Å²) < 4.78 is 7.54. The first-order valence-electron chi connectivity index (χ1n) is 11.2. The molecule has 174 valence electrons. The third-order valence-corrected chi connectivity index (χ3v) is 7.84. The summed E-state index contributed by atoms with van der Waals surface area (Å²) in [5, 5.41) is 13.7. The summed E-state index contributed by atoms with van der Waals surface area (Å²) in [6.07, 6.45) is 0. The van der Waals surface area contributed by atoms with Crippen molar-refractivity contribution < 1.29 is 9.53 Å². The number of fused-ring (bicyclic) bond motifs is 1. The fourth-order valence-corrected chi connectivity index (χ4v) is 5.81. The molecule has 7 nitrogen and oxygen atoms in total. The minimum atomic E-state index is 0.00523. The molecule has 35 heavy (non-hydrogen) atoms. The van der Waals surface area contributed by atoms with Crippen molar-refractivity contribution in [1.82, 2.24) is 24.6 Å². The van der Waals surface area contributed by atoms with Gasteiger partial charge >= 0.3 is 0 Å². The van der Waals surface area contributed by atoms with Crippen molar-refractivity contribution in [3.05, 3.63) is 82.8 Å². The van der Waals surface area contributed by atoms with E-state index in [0.29, 0.717) is 25.2 Å². The quantitative estimate of drug-likeness (QED) is 0.321. The molecule has 0 saturated heterocycles. The smallest absolute Gasteiger partial charge is 0.254 e. The second-order valence-electron chi connectivity index (χ2n) is 8.11. The Balaban J connectivity index is 1.20. The van der Waals surface area contributed by atoms with Gasteiger partial charge in [-0.15, -0.1) is 32.9 Å². The minimum absolute atomic E-state index is 0.00523. The Morgan fingerprint density at radius 1 is 0.971 bits per heavy atom. The lowest BCUT2D eigenvalue weighted by Gasteiger charge is -2.27. The Morgan fingerprint density at radius 2 is 1.83 bits per heavy atom. The van der Waals surface area contributed by atoms with Gasteiger partial charge < -0.3 is 14.2 Å². The van der Waals surface area contributed by atoms with E-state index < -0.39 is 0 Å². The minimum Gasteiger partial charge on any atom is -0.496 e. The molecule has 1 aliphatic rings. The number of hydrogen-bond acceptors (Lipinski definition) is 7. The number of methoxy groups -OCH3 is 1. The third-order valence-electron chi connectivity index (χ3n) is 6.05. The first kappa shape index (κ1) is 21.7. The number of carbonyl (C=O) groups excluding carboxylic acids is 1. The maximum absolute atomic E-state index is 13.2. The zero-order valence-electron chi connectivity index (χ0n) is 18.9. The Bertz CT molecular complexity index is 1490. The molecule has 0 atom stereocenters. The summed E-state index contributed by atoms with van der Waals surface area (Å²) in [5.74, 6) is 2.28. The van der Waals surface area contributed by atoms with Crippen LogP contribution in [0.25, 0.3) is 32.5 Å². The van der Waals surface area contributed by atoms with Crippen LogP contribution in [-0.4, -0.2) is 44.2 Å². The highest BCUT2D eigenvalue weighted by Crippen LogP contribution is 2.34. The van der Waals surface area contributed by atoms with Crippen LogP contribution >= 0.6 is 22.7 Å². The van der Waals surface area contributed by atoms with Gasteiger partial charge in [0.25, 0.3) is 5.91 Å². The van der Waals surface area contributed by atoms with Crippen molar-refractivity contribution in [2.24, 2.45) is 0 Å². The summed E-state index contributed by atoms with van der Waals surface area (Å²) >= 11 is 3.24. The molecule has 5 aromatic rings. The number of nitrogens with zero attached hydrogens (tertiary/aromatic N) is 5. The number of para-hydroxylation sites is 1. The molecule has 0 unspecified atom stereocenters. The topological polar surface area (TPSA) is 73.1 Å². The molecule has 6 rings (SSSR count). The van der Waals surface area contributed by atoms with Gasteiger partial charge in [0.2, 0.25) is 0 Å². The Kier molecular flexibility index (Phi) is 5.63. The van der Waals surface area contributed by atoms with Gasteiger partial charge in [-0.2, -0.15) is 0 Å². The average molecular weight is 500 g/mol. The van der Waals surface area contributed by atoms with E-state index in [4.69, 9.17) is 9.72 Å². The van der Waals surface area contributed by atoms with Crippen molar-refractivity contribution >= 4 is 28.6 Å². The lowest BCUT2D eigenvalue weighted by Crippen LogP contribution is -2.38. The lowest BCUT2D eigenvalue weighted by atomic mass is 10.1. The van der Waals surface area contributed by atoms with Gasteiger partial charge in [0.05, 0.1) is 19.2 Å². The van der Waals surface area contributed by atoms with Gasteiger partial charge in [-0.1, -0.05) is 30.3 Å². The highest BCUT2D eigenvalue weighted by Gasteiger charge is 2.26. The summed E-state index contributed by atoms with van der Waals surface area (Å²) in [5.41, 5.74) is 3.53. The van der Waals surface area contributed by atoms with Crippen LogP contribution in [0, 0.1) is 0 Å². The van der Waals surface area contributed by atoms with Gasteiger partial charge in [0.1, 0.15) is 16.5 Å². The summed E-state index contributed by atoms with van der Waals surface area (Å²) in [7, 11) is 1.66. The van der Waals surface area contributed by atoms with Crippen molar-refractivity contribution in [2.45, 2.75) is 13.1 Å². The largest absolute Gasteiger partial charge is 0.496 e. The number of thiophene rings is 1. The normalized spacial score (nSPS) is 13.0. The van der Waals surface area contributed by atoms with Crippen LogP contribution < -0.4 is 4.74 Å².